The molecule has 4 aromatic carbocycles. The number of carbonyl (C=O) groups excluding carboxylic acids is 2. The number of hydrogen-bond donors (Lipinski definition) is 1. The molecule has 2 aromatic heterocycles. The Bertz CT molecular complexity index is 2610. The first-order valence-electron chi connectivity index (χ1n) is 22.8. The molecule has 0 aliphatic heterocycles. The third kappa shape index (κ3) is 10.2. The van der Waals surface area contributed by atoms with Crippen LogP contribution in [-0.4, -0.2) is 39.6 Å². The summed E-state index contributed by atoms with van der Waals surface area (Å²) in [5.74, 6) is 2.09. The molecule has 0 bridgehead atoms. The molecule has 0 saturated heterocycles. The minimum atomic E-state index is -1.91. The number of aryl methyl sites for hydroxylation is 4. The first-order valence-corrected chi connectivity index (χ1v) is 25.8. The van der Waals surface area contributed by atoms with E-state index < -0.39 is 20.3 Å². The lowest BCUT2D eigenvalue weighted by molar-refractivity contribution is 0.0558. The summed E-state index contributed by atoms with van der Waals surface area (Å²) in [5.41, 5.74) is 11.0. The maximum Gasteiger partial charge on any atom is 0.373 e. The average molecular weight is 899 g/mol. The first-order chi connectivity index (χ1) is 30.6. The zero-order valence-electron chi connectivity index (χ0n) is 41.4. The molecule has 0 unspecified atom stereocenters. The summed E-state index contributed by atoms with van der Waals surface area (Å²) in [6.45, 7) is 28.6. The molecule has 2 heterocycles. The van der Waals surface area contributed by atoms with Crippen molar-refractivity contribution in [3.05, 3.63) is 153 Å². The van der Waals surface area contributed by atoms with Crippen molar-refractivity contribution in [3.63, 3.8) is 0 Å². The van der Waals surface area contributed by atoms with Gasteiger partial charge in [0.25, 0.3) is 0 Å². The van der Waals surface area contributed by atoms with E-state index in [-0.39, 0.29) is 27.4 Å². The van der Waals surface area contributed by atoms with Crippen molar-refractivity contribution in [2.45, 2.75) is 131 Å². The Labute approximate surface area is 388 Å². The maximum atomic E-state index is 11.8. The van der Waals surface area contributed by atoms with E-state index in [2.05, 4.69) is 143 Å². The van der Waals surface area contributed by atoms with E-state index in [9.17, 15) is 14.7 Å². The molecule has 346 valence electrons. The Morgan fingerprint density at radius 1 is 0.538 bits per heavy atom. The third-order valence-electron chi connectivity index (χ3n) is 14.1. The number of rotatable bonds is 14. The second kappa shape index (κ2) is 20.2. The predicted molar refractivity (Wildman–Crippen MR) is 265 cm³/mol. The maximum absolute atomic E-state index is 11.8. The molecule has 0 aliphatic rings. The molecule has 6 rings (SSSR count). The van der Waals surface area contributed by atoms with Crippen molar-refractivity contribution >= 4 is 20.3 Å². The lowest BCUT2D eigenvalue weighted by atomic mass is 9.70. The van der Waals surface area contributed by atoms with Crippen molar-refractivity contribution in [3.8, 4) is 34.1 Å². The predicted octanol–water partition coefficient (Wildman–Crippen LogP) is 15.0. The fraction of sp³-hybridized carbons (Fsp3) is 0.393. The highest BCUT2D eigenvalue weighted by Crippen LogP contribution is 2.45. The third-order valence-corrected chi connectivity index (χ3v) is 18.5. The summed E-state index contributed by atoms with van der Waals surface area (Å²) >= 11 is 0. The number of hydrogen-bond acceptors (Lipinski definition) is 8. The van der Waals surface area contributed by atoms with E-state index in [4.69, 9.17) is 22.7 Å². The highest BCUT2D eigenvalue weighted by Gasteiger charge is 2.40. The summed E-state index contributed by atoms with van der Waals surface area (Å²) in [7, 11) is 0.780. The number of phenolic OH excluding ortho intramolecular Hbond substituents is 1. The SMILES string of the molecule is CCC(CC)(c1ccc(O)c(C)c1)c1ccc(-c2ccc(C(=O)OC)o2)c(C)c1.CCC(CC)(c1ccc(O[Si](C)(C)C(C)(C)C)c(C)c1)c1ccc(-c2ccc(C(=O)OC)o2)c(C)c1. The van der Waals surface area contributed by atoms with Crippen LogP contribution in [0.3, 0.4) is 0 Å². The monoisotopic (exact) mass is 898 g/mol. The van der Waals surface area contributed by atoms with Crippen LogP contribution < -0.4 is 4.43 Å². The molecule has 6 aromatic rings. The van der Waals surface area contributed by atoms with Crippen molar-refractivity contribution in [2.24, 2.45) is 0 Å². The Morgan fingerprint density at radius 3 is 1.25 bits per heavy atom. The Balaban J connectivity index is 0.000000250. The van der Waals surface area contributed by atoms with E-state index in [1.807, 2.05) is 19.1 Å². The highest BCUT2D eigenvalue weighted by molar-refractivity contribution is 6.74. The molecule has 0 atom stereocenters. The van der Waals surface area contributed by atoms with Gasteiger partial charge >= 0.3 is 11.9 Å². The number of benzene rings is 4. The summed E-state index contributed by atoms with van der Waals surface area (Å²) < 4.78 is 27.6. The minimum Gasteiger partial charge on any atom is -0.543 e. The van der Waals surface area contributed by atoms with Gasteiger partial charge in [-0.2, -0.15) is 0 Å². The second-order valence-electron chi connectivity index (χ2n) is 18.8. The molecule has 9 heteroatoms. The Kier molecular flexibility index (Phi) is 15.6. The van der Waals surface area contributed by atoms with Crippen LogP contribution in [0.15, 0.2) is 106 Å². The molecular weight excluding hydrogens is 829 g/mol. The van der Waals surface area contributed by atoms with Crippen LogP contribution in [-0.2, 0) is 20.3 Å². The molecule has 8 nitrogen and oxygen atoms in total. The van der Waals surface area contributed by atoms with Crippen molar-refractivity contribution in [1.29, 1.82) is 0 Å². The zero-order valence-corrected chi connectivity index (χ0v) is 42.4. The van der Waals surface area contributed by atoms with Crippen LogP contribution in [0.2, 0.25) is 18.1 Å². The number of esters is 2. The normalized spacial score (nSPS) is 12.0. The molecule has 1 N–H and O–H groups in total. The van der Waals surface area contributed by atoms with E-state index in [0.29, 0.717) is 17.3 Å². The summed E-state index contributed by atoms with van der Waals surface area (Å²) in [5, 5.41) is 10.1. The van der Waals surface area contributed by atoms with E-state index in [1.54, 1.807) is 24.3 Å². The molecule has 65 heavy (non-hydrogen) atoms. The fourth-order valence-corrected chi connectivity index (χ4v) is 9.86. The van der Waals surface area contributed by atoms with Crippen LogP contribution in [0.25, 0.3) is 22.6 Å². The lowest BCUT2D eigenvalue weighted by Gasteiger charge is -2.38. The number of methoxy groups -OCH3 is 2. The van der Waals surface area contributed by atoms with Gasteiger partial charge in [0, 0.05) is 22.0 Å². The first kappa shape index (κ1) is 50.2. The van der Waals surface area contributed by atoms with E-state index >= 15 is 0 Å². The van der Waals surface area contributed by atoms with Gasteiger partial charge in [-0.3, -0.25) is 0 Å². The largest absolute Gasteiger partial charge is 0.543 e. The van der Waals surface area contributed by atoms with Gasteiger partial charge < -0.3 is 27.8 Å². The van der Waals surface area contributed by atoms with Gasteiger partial charge in [-0.1, -0.05) is 109 Å². The summed E-state index contributed by atoms with van der Waals surface area (Å²) in [6, 6.07) is 32.5. The molecule has 0 radical (unpaired) electrons. The Hall–Kier alpha value is -5.80. The average Bonchev–Trinajstić information content (AvgIpc) is 3.98. The minimum absolute atomic E-state index is 0.107. The summed E-state index contributed by atoms with van der Waals surface area (Å²) in [6.07, 6.45) is 3.86. The van der Waals surface area contributed by atoms with E-state index in [1.165, 1.54) is 42.0 Å². The number of aromatic hydroxyl groups is 1. The van der Waals surface area contributed by atoms with Gasteiger partial charge in [-0.05, 0) is 152 Å². The van der Waals surface area contributed by atoms with Gasteiger partial charge in [-0.15, -0.1) is 0 Å². The smallest absolute Gasteiger partial charge is 0.373 e. The van der Waals surface area contributed by atoms with Crippen LogP contribution in [0.5, 0.6) is 11.5 Å². The molecule has 0 spiro atoms. The van der Waals surface area contributed by atoms with Crippen LogP contribution in [0.4, 0.5) is 0 Å². The van der Waals surface area contributed by atoms with Gasteiger partial charge in [0.2, 0.25) is 19.8 Å². The second-order valence-corrected chi connectivity index (χ2v) is 23.5. The standard InChI is InChI=1S/C31H42O4Si.C25H28O4/c1-11-31(12-2,24-14-16-26(22(4)20-24)35-36(9,10)30(5,6)7)23-13-15-25(21(3)19-23)27-17-18-28(34-27)29(32)33-8;1-6-25(7-2,19-9-11-21(26)17(4)15-19)18-8-10-20(16(3)14-18)22-12-13-23(29-22)24(27)28-5/h13-20H,11-12H2,1-10H3;8-15,26H,6-7H2,1-5H3. The van der Waals surface area contributed by atoms with Crippen LogP contribution >= 0.6 is 0 Å². The van der Waals surface area contributed by atoms with Gasteiger partial charge in [0.1, 0.15) is 23.0 Å². The van der Waals surface area contributed by atoms with E-state index in [0.717, 1.165) is 59.3 Å². The topological polar surface area (TPSA) is 108 Å². The number of carbonyl (C=O) groups is 2. The number of phenols is 1. The van der Waals surface area contributed by atoms with Crippen LogP contribution in [0.1, 0.15) is 140 Å². The highest BCUT2D eigenvalue weighted by atomic mass is 28.4. The lowest BCUT2D eigenvalue weighted by Crippen LogP contribution is -2.44. The van der Waals surface area contributed by atoms with Crippen molar-refractivity contribution in [2.75, 3.05) is 14.2 Å². The molecular formula is C56H70O8Si. The molecule has 0 fully saturated rings. The van der Waals surface area contributed by atoms with Gasteiger partial charge in [0.05, 0.1) is 14.2 Å². The number of furan rings is 2. The molecule has 0 aliphatic carbocycles. The van der Waals surface area contributed by atoms with Crippen molar-refractivity contribution in [1.82, 2.24) is 0 Å². The molecule has 0 saturated carbocycles. The van der Waals surface area contributed by atoms with Crippen molar-refractivity contribution < 1.29 is 37.4 Å². The molecule has 0 amide bonds. The Morgan fingerprint density at radius 2 is 0.908 bits per heavy atom. The van der Waals surface area contributed by atoms with Gasteiger partial charge in [-0.25, -0.2) is 9.59 Å². The quantitative estimate of drug-likeness (QED) is 0.0851. The number of ether oxygens (including phenoxy) is 2. The van der Waals surface area contributed by atoms with Gasteiger partial charge in [0.15, 0.2) is 0 Å². The zero-order chi connectivity index (χ0) is 48.1. The van der Waals surface area contributed by atoms with Crippen LogP contribution in [0, 0.1) is 27.7 Å². The summed E-state index contributed by atoms with van der Waals surface area (Å²) in [4.78, 5) is 23.5. The fourth-order valence-electron chi connectivity index (χ4n) is 8.77.